The summed E-state index contributed by atoms with van der Waals surface area (Å²) in [6.07, 6.45) is 3.69. The Balaban J connectivity index is 1.64. The number of benzene rings is 2. The third-order valence-corrected chi connectivity index (χ3v) is 5.05. The summed E-state index contributed by atoms with van der Waals surface area (Å²) in [4.78, 5) is 12.3. The first-order valence-corrected chi connectivity index (χ1v) is 10.5. The van der Waals surface area contributed by atoms with Gasteiger partial charge in [0.2, 0.25) is 11.0 Å². The lowest BCUT2D eigenvalue weighted by molar-refractivity contribution is -0.111. The van der Waals surface area contributed by atoms with E-state index in [1.165, 1.54) is 17.4 Å². The van der Waals surface area contributed by atoms with E-state index in [-0.39, 0.29) is 12.0 Å². The van der Waals surface area contributed by atoms with E-state index in [1.807, 2.05) is 44.2 Å². The molecule has 0 bridgehead atoms. The van der Waals surface area contributed by atoms with Gasteiger partial charge in [0.15, 0.2) is 11.5 Å². The molecule has 0 unspecified atom stereocenters. The average molecular weight is 444 g/mol. The molecule has 0 spiro atoms. The highest BCUT2D eigenvalue weighted by molar-refractivity contribution is 7.15. The van der Waals surface area contributed by atoms with Crippen LogP contribution >= 0.6 is 22.9 Å². The zero-order valence-electron chi connectivity index (χ0n) is 16.9. The minimum Gasteiger partial charge on any atom is -0.493 e. The molecule has 3 rings (SSSR count). The van der Waals surface area contributed by atoms with Gasteiger partial charge in [-0.3, -0.25) is 10.1 Å². The lowest BCUT2D eigenvalue weighted by Crippen LogP contribution is -2.08. The Morgan fingerprint density at radius 1 is 1.23 bits per heavy atom. The van der Waals surface area contributed by atoms with Gasteiger partial charge in [-0.25, -0.2) is 0 Å². The number of amides is 1. The van der Waals surface area contributed by atoms with E-state index in [2.05, 4.69) is 15.5 Å². The molecule has 156 valence electrons. The smallest absolute Gasteiger partial charge is 0.250 e. The van der Waals surface area contributed by atoms with Crippen molar-refractivity contribution >= 4 is 40.1 Å². The molecule has 0 aliphatic heterocycles. The summed E-state index contributed by atoms with van der Waals surface area (Å²) in [5, 5.41) is 12.6. The number of rotatable bonds is 8. The highest BCUT2D eigenvalue weighted by atomic mass is 35.5. The van der Waals surface area contributed by atoms with Crippen LogP contribution < -0.4 is 14.8 Å². The van der Waals surface area contributed by atoms with E-state index in [9.17, 15) is 4.79 Å². The minimum atomic E-state index is -0.310. The molecule has 2 aromatic carbocycles. The Kier molecular flexibility index (Phi) is 7.43. The number of aromatic nitrogens is 2. The Bertz CT molecular complexity index is 1040. The molecule has 0 fully saturated rings. The predicted molar refractivity (Wildman–Crippen MR) is 121 cm³/mol. The fourth-order valence-corrected chi connectivity index (χ4v) is 3.69. The molecule has 0 saturated carbocycles. The van der Waals surface area contributed by atoms with Crippen LogP contribution in [0, 0.1) is 0 Å². The van der Waals surface area contributed by atoms with Crippen LogP contribution in [0.3, 0.4) is 0 Å². The van der Waals surface area contributed by atoms with Crippen molar-refractivity contribution in [2.75, 3.05) is 12.4 Å². The normalized spacial score (nSPS) is 11.1. The zero-order valence-corrected chi connectivity index (χ0v) is 18.5. The van der Waals surface area contributed by atoms with Crippen molar-refractivity contribution in [3.63, 3.8) is 0 Å². The van der Waals surface area contributed by atoms with Gasteiger partial charge in [-0.1, -0.05) is 53.3 Å². The molecule has 0 aliphatic carbocycles. The van der Waals surface area contributed by atoms with E-state index in [4.69, 9.17) is 21.1 Å². The molecule has 0 saturated heterocycles. The molecule has 1 amide bonds. The molecule has 30 heavy (non-hydrogen) atoms. The van der Waals surface area contributed by atoms with E-state index < -0.39 is 0 Å². The monoisotopic (exact) mass is 443 g/mol. The maximum absolute atomic E-state index is 12.3. The van der Waals surface area contributed by atoms with Crippen molar-refractivity contribution in [3.8, 4) is 11.5 Å². The van der Waals surface area contributed by atoms with Crippen LogP contribution in [0.2, 0.25) is 5.02 Å². The van der Waals surface area contributed by atoms with Gasteiger partial charge in [0.05, 0.1) is 18.2 Å². The van der Waals surface area contributed by atoms with E-state index in [1.54, 1.807) is 25.3 Å². The number of halogens is 1. The van der Waals surface area contributed by atoms with Crippen molar-refractivity contribution in [2.24, 2.45) is 0 Å². The van der Waals surface area contributed by atoms with Crippen molar-refractivity contribution in [1.29, 1.82) is 0 Å². The largest absolute Gasteiger partial charge is 0.493 e. The summed E-state index contributed by atoms with van der Waals surface area (Å²) in [5.41, 5.74) is 1.85. The molecule has 3 aromatic rings. The van der Waals surface area contributed by atoms with Crippen LogP contribution in [0.1, 0.15) is 30.0 Å². The lowest BCUT2D eigenvalue weighted by atomic mass is 10.2. The first kappa shape index (κ1) is 21.8. The third kappa shape index (κ3) is 6.05. The van der Waals surface area contributed by atoms with Gasteiger partial charge in [-0.2, -0.15) is 0 Å². The second kappa shape index (κ2) is 10.2. The van der Waals surface area contributed by atoms with Crippen LogP contribution in [-0.2, 0) is 11.2 Å². The third-order valence-electron chi connectivity index (χ3n) is 3.93. The molecular formula is C22H22ClN3O3S. The lowest BCUT2D eigenvalue weighted by Gasteiger charge is -2.15. The molecule has 1 heterocycles. The van der Waals surface area contributed by atoms with Crippen molar-refractivity contribution < 1.29 is 14.3 Å². The predicted octanol–water partition coefficient (Wildman–Crippen LogP) is 5.23. The number of methoxy groups -OCH3 is 1. The van der Waals surface area contributed by atoms with Crippen LogP contribution in [0.15, 0.2) is 48.5 Å². The first-order chi connectivity index (χ1) is 14.4. The summed E-state index contributed by atoms with van der Waals surface area (Å²) in [5.74, 6) is 0.677. The standard InChI is InChI=1S/C22H22ClN3O3S/c1-14(2)29-21-17(23)11-16(12-18(21)28-3)9-10-19(27)24-22-26-25-20(30-22)13-15-7-5-4-6-8-15/h4-12,14H,13H2,1-3H3,(H,24,26,27)/b10-9+. The van der Waals surface area contributed by atoms with Gasteiger partial charge >= 0.3 is 0 Å². The SMILES string of the molecule is COc1cc(/C=C/C(=O)Nc2nnc(Cc3ccccc3)s2)cc(Cl)c1OC(C)C. The molecule has 6 nitrogen and oxygen atoms in total. The highest BCUT2D eigenvalue weighted by Gasteiger charge is 2.13. The van der Waals surface area contributed by atoms with Crippen LogP contribution in [-0.4, -0.2) is 29.3 Å². The van der Waals surface area contributed by atoms with Gasteiger partial charge in [0.25, 0.3) is 0 Å². The van der Waals surface area contributed by atoms with E-state index in [0.717, 1.165) is 10.6 Å². The van der Waals surface area contributed by atoms with Crippen LogP contribution in [0.4, 0.5) is 5.13 Å². The fourth-order valence-electron chi connectivity index (χ4n) is 2.65. The Morgan fingerprint density at radius 2 is 2.00 bits per heavy atom. The Morgan fingerprint density at radius 3 is 2.70 bits per heavy atom. The van der Waals surface area contributed by atoms with Gasteiger partial charge in [0, 0.05) is 12.5 Å². The Hall–Kier alpha value is -2.90. The van der Waals surface area contributed by atoms with Gasteiger partial charge in [0.1, 0.15) is 5.01 Å². The summed E-state index contributed by atoms with van der Waals surface area (Å²) >= 11 is 7.66. The van der Waals surface area contributed by atoms with Gasteiger partial charge in [-0.15, -0.1) is 10.2 Å². The number of nitrogens with zero attached hydrogens (tertiary/aromatic N) is 2. The number of hydrogen-bond acceptors (Lipinski definition) is 6. The molecule has 0 radical (unpaired) electrons. The second-order valence-corrected chi connectivity index (χ2v) is 8.16. The highest BCUT2D eigenvalue weighted by Crippen LogP contribution is 2.37. The molecule has 1 N–H and O–H groups in total. The molecule has 1 aromatic heterocycles. The van der Waals surface area contributed by atoms with E-state index >= 15 is 0 Å². The number of hydrogen-bond donors (Lipinski definition) is 1. The molecular weight excluding hydrogens is 422 g/mol. The van der Waals surface area contributed by atoms with Crippen molar-refractivity contribution in [1.82, 2.24) is 10.2 Å². The summed E-state index contributed by atoms with van der Waals surface area (Å²) < 4.78 is 11.1. The van der Waals surface area contributed by atoms with Crippen molar-refractivity contribution in [3.05, 3.63) is 69.7 Å². The number of ether oxygens (including phenoxy) is 2. The quantitative estimate of drug-likeness (QED) is 0.482. The maximum Gasteiger partial charge on any atom is 0.250 e. The topological polar surface area (TPSA) is 73.3 Å². The number of nitrogens with one attached hydrogen (secondary N) is 1. The van der Waals surface area contributed by atoms with Crippen LogP contribution in [0.5, 0.6) is 11.5 Å². The number of anilines is 1. The first-order valence-electron chi connectivity index (χ1n) is 9.34. The van der Waals surface area contributed by atoms with Crippen LogP contribution in [0.25, 0.3) is 6.08 Å². The molecule has 0 atom stereocenters. The summed E-state index contributed by atoms with van der Waals surface area (Å²) in [7, 11) is 1.54. The fraction of sp³-hybridized carbons (Fsp3) is 0.227. The van der Waals surface area contributed by atoms with Crippen molar-refractivity contribution in [2.45, 2.75) is 26.4 Å². The zero-order chi connectivity index (χ0) is 21.5. The maximum atomic E-state index is 12.3. The minimum absolute atomic E-state index is 0.0396. The second-order valence-electron chi connectivity index (χ2n) is 6.69. The van der Waals surface area contributed by atoms with E-state index in [0.29, 0.717) is 33.6 Å². The average Bonchev–Trinajstić information content (AvgIpc) is 3.15. The number of carbonyl (C=O) groups is 1. The Labute approximate surface area is 184 Å². The molecule has 0 aliphatic rings. The summed E-state index contributed by atoms with van der Waals surface area (Å²) in [6.45, 7) is 3.82. The van der Waals surface area contributed by atoms with Gasteiger partial charge < -0.3 is 9.47 Å². The number of carbonyl (C=O) groups excluding carboxylic acids is 1. The van der Waals surface area contributed by atoms with Gasteiger partial charge in [-0.05, 0) is 43.2 Å². The summed E-state index contributed by atoms with van der Waals surface area (Å²) in [6, 6.07) is 13.5. The molecule has 8 heteroatoms.